The first kappa shape index (κ1) is 11.5. The smallest absolute Gasteiger partial charge is 0.0970 e. The van der Waals surface area contributed by atoms with Crippen molar-refractivity contribution >= 4 is 11.4 Å². The first-order valence-electron chi connectivity index (χ1n) is 5.67. The molecule has 0 aromatic heterocycles. The van der Waals surface area contributed by atoms with Crippen molar-refractivity contribution in [2.24, 2.45) is 5.29 Å². The van der Waals surface area contributed by atoms with Crippen molar-refractivity contribution in [3.05, 3.63) is 65.6 Å². The molecule has 0 aliphatic heterocycles. The van der Waals surface area contributed by atoms with Gasteiger partial charge >= 0.3 is 0 Å². The molecule has 0 unspecified atom stereocenters. The minimum absolute atomic E-state index is 0.0122. The Balaban J connectivity index is 2.58. The molecule has 0 radical (unpaired) electrons. The average molecular weight is 227 g/mol. The van der Waals surface area contributed by atoms with E-state index in [0.717, 1.165) is 11.4 Å². The first-order chi connectivity index (χ1) is 8.33. The number of hydrogen-bond acceptors (Lipinski definition) is 2. The molecule has 0 N–H and O–H groups in total. The van der Waals surface area contributed by atoms with Crippen LogP contribution < -0.4 is 4.59 Å². The summed E-state index contributed by atoms with van der Waals surface area (Å²) in [6.07, 6.45) is 0. The van der Waals surface area contributed by atoms with Gasteiger partial charge in [-0.05, 0) is 6.92 Å². The lowest BCUT2D eigenvalue weighted by atomic mass is 10.2. The summed E-state index contributed by atoms with van der Waals surface area (Å²) in [6, 6.07) is 19.3. The molecule has 3 nitrogen and oxygen atoms in total. The molecule has 0 fully saturated rings. The van der Waals surface area contributed by atoms with Crippen molar-refractivity contribution < 1.29 is 0 Å². The number of nitrogens with zero attached hydrogens (tertiary/aromatic N) is 2. The molecule has 0 spiro atoms. The van der Waals surface area contributed by atoms with Gasteiger partial charge < -0.3 is 0 Å². The number of quaternary nitrogens is 1. The Morgan fingerprint density at radius 3 is 1.59 bits per heavy atom. The standard InChI is InChI=1S/C14H15N2O/c1-2-16(15-17,13-9-5-3-6-10-13)14-11-7-4-8-12-14/h3-12H,2H2,1H3/q+1. The van der Waals surface area contributed by atoms with Crippen molar-refractivity contribution in [1.29, 1.82) is 0 Å². The Kier molecular flexibility index (Phi) is 3.30. The number of hydrogen-bond donors (Lipinski definition) is 0. The maximum absolute atomic E-state index is 11.4. The second-order valence-electron chi connectivity index (χ2n) is 3.84. The second kappa shape index (κ2) is 4.89. The fourth-order valence-corrected chi connectivity index (χ4v) is 2.02. The number of nitroso groups, excluding NO2 is 1. The average Bonchev–Trinajstić information content (AvgIpc) is 2.43. The summed E-state index contributed by atoms with van der Waals surface area (Å²) < 4.78 is -0.0122. The highest BCUT2D eigenvalue weighted by Gasteiger charge is 2.33. The van der Waals surface area contributed by atoms with E-state index in [0.29, 0.717) is 6.54 Å². The summed E-state index contributed by atoms with van der Waals surface area (Å²) in [5.41, 5.74) is 1.77. The molecule has 0 amide bonds. The lowest BCUT2D eigenvalue weighted by molar-refractivity contribution is 0.418. The second-order valence-corrected chi connectivity index (χ2v) is 3.84. The molecule has 0 saturated carbocycles. The molecule has 0 heterocycles. The zero-order valence-electron chi connectivity index (χ0n) is 9.78. The van der Waals surface area contributed by atoms with Crippen molar-refractivity contribution in [2.45, 2.75) is 6.92 Å². The third-order valence-electron chi connectivity index (χ3n) is 2.96. The molecular weight excluding hydrogens is 212 g/mol. The molecule has 0 aliphatic rings. The number of benzene rings is 2. The largest absolute Gasteiger partial charge is 0.167 e. The highest BCUT2D eigenvalue weighted by Crippen LogP contribution is 2.34. The van der Waals surface area contributed by atoms with E-state index in [9.17, 15) is 4.91 Å². The molecule has 0 bridgehead atoms. The predicted molar refractivity (Wildman–Crippen MR) is 70.7 cm³/mol. The Morgan fingerprint density at radius 1 is 0.882 bits per heavy atom. The van der Waals surface area contributed by atoms with Crippen LogP contribution in [0.1, 0.15) is 6.92 Å². The van der Waals surface area contributed by atoms with Crippen LogP contribution in [0.2, 0.25) is 0 Å². The van der Waals surface area contributed by atoms with Crippen LogP contribution in [0, 0.1) is 4.91 Å². The highest BCUT2D eigenvalue weighted by atomic mass is 16.3. The first-order valence-corrected chi connectivity index (χ1v) is 5.67. The van der Waals surface area contributed by atoms with Crippen LogP contribution >= 0.6 is 0 Å². The van der Waals surface area contributed by atoms with Crippen LogP contribution in [0.4, 0.5) is 11.4 Å². The van der Waals surface area contributed by atoms with E-state index >= 15 is 0 Å². The van der Waals surface area contributed by atoms with Crippen molar-refractivity contribution in [2.75, 3.05) is 6.54 Å². The summed E-state index contributed by atoms with van der Waals surface area (Å²) in [7, 11) is 0. The third-order valence-corrected chi connectivity index (χ3v) is 2.96. The van der Waals surface area contributed by atoms with Gasteiger partial charge in [0.2, 0.25) is 0 Å². The summed E-state index contributed by atoms with van der Waals surface area (Å²) in [6.45, 7) is 2.55. The SMILES string of the molecule is CC[N+](N=O)(c1ccccc1)c1ccccc1. The molecule has 0 aliphatic carbocycles. The molecule has 0 atom stereocenters. The van der Waals surface area contributed by atoms with Crippen LogP contribution in [0.25, 0.3) is 0 Å². The maximum atomic E-state index is 11.4. The number of rotatable bonds is 4. The van der Waals surface area contributed by atoms with Gasteiger partial charge in [0.1, 0.15) is 6.54 Å². The summed E-state index contributed by atoms with van der Waals surface area (Å²) >= 11 is 0. The third kappa shape index (κ3) is 1.97. The van der Waals surface area contributed by atoms with Crippen LogP contribution in [-0.2, 0) is 0 Å². The van der Waals surface area contributed by atoms with Gasteiger partial charge in [-0.25, -0.2) is 0 Å². The lowest BCUT2D eigenvalue weighted by Crippen LogP contribution is -2.37. The van der Waals surface area contributed by atoms with Gasteiger partial charge in [0.15, 0.2) is 16.7 Å². The summed E-state index contributed by atoms with van der Waals surface area (Å²) in [4.78, 5) is 11.4. The summed E-state index contributed by atoms with van der Waals surface area (Å²) in [5.74, 6) is 0. The Hall–Kier alpha value is -2.00. The van der Waals surface area contributed by atoms with Gasteiger partial charge in [-0.2, -0.15) is 0 Å². The zero-order chi connectivity index (χ0) is 12.1. The Bertz CT molecular complexity index is 443. The minimum atomic E-state index is -0.0122. The van der Waals surface area contributed by atoms with Crippen molar-refractivity contribution in [3.8, 4) is 0 Å². The zero-order valence-corrected chi connectivity index (χ0v) is 9.78. The Labute approximate surface area is 101 Å². The molecule has 2 aromatic carbocycles. The van der Waals surface area contributed by atoms with Gasteiger partial charge in [-0.1, -0.05) is 45.9 Å². The minimum Gasteiger partial charge on any atom is -0.0970 e. The molecule has 17 heavy (non-hydrogen) atoms. The maximum Gasteiger partial charge on any atom is 0.167 e. The fourth-order valence-electron chi connectivity index (χ4n) is 2.02. The predicted octanol–water partition coefficient (Wildman–Crippen LogP) is 4.03. The van der Waals surface area contributed by atoms with Crippen molar-refractivity contribution in [1.82, 2.24) is 4.59 Å². The molecule has 3 heteroatoms. The van der Waals surface area contributed by atoms with Crippen LogP contribution in [0.15, 0.2) is 65.9 Å². The Morgan fingerprint density at radius 2 is 1.29 bits per heavy atom. The van der Waals surface area contributed by atoms with Crippen LogP contribution in [0.3, 0.4) is 0 Å². The van der Waals surface area contributed by atoms with Crippen LogP contribution in [0.5, 0.6) is 0 Å². The molecular formula is C14H15N2O+. The van der Waals surface area contributed by atoms with Gasteiger partial charge in [-0.15, -0.1) is 0 Å². The van der Waals surface area contributed by atoms with Gasteiger partial charge in [0, 0.05) is 24.3 Å². The van der Waals surface area contributed by atoms with Crippen LogP contribution in [-0.4, -0.2) is 6.54 Å². The molecule has 86 valence electrons. The topological polar surface area (TPSA) is 29.4 Å². The van der Waals surface area contributed by atoms with Gasteiger partial charge in [0.05, 0.1) is 0 Å². The van der Waals surface area contributed by atoms with E-state index in [2.05, 4.69) is 5.29 Å². The van der Waals surface area contributed by atoms with Gasteiger partial charge in [-0.3, -0.25) is 0 Å². The molecule has 0 saturated heterocycles. The van der Waals surface area contributed by atoms with E-state index < -0.39 is 0 Å². The van der Waals surface area contributed by atoms with Gasteiger partial charge in [0.25, 0.3) is 0 Å². The normalized spacial score (nSPS) is 11.1. The highest BCUT2D eigenvalue weighted by molar-refractivity contribution is 5.57. The molecule has 2 rings (SSSR count). The van der Waals surface area contributed by atoms with E-state index in [1.54, 1.807) is 0 Å². The lowest BCUT2D eigenvalue weighted by Gasteiger charge is -2.25. The fraction of sp³-hybridized carbons (Fsp3) is 0.143. The summed E-state index contributed by atoms with van der Waals surface area (Å²) in [5, 5.41) is 3.37. The van der Waals surface area contributed by atoms with E-state index in [1.807, 2.05) is 67.6 Å². The monoisotopic (exact) mass is 227 g/mol. The molecule has 2 aromatic rings. The quantitative estimate of drug-likeness (QED) is 0.440. The van der Waals surface area contributed by atoms with Crippen molar-refractivity contribution in [3.63, 3.8) is 0 Å². The number of para-hydroxylation sites is 2. The van der Waals surface area contributed by atoms with E-state index in [1.165, 1.54) is 0 Å². The van der Waals surface area contributed by atoms with E-state index in [4.69, 9.17) is 0 Å². The van der Waals surface area contributed by atoms with E-state index in [-0.39, 0.29) is 4.59 Å².